The molecule has 0 radical (unpaired) electrons. The fourth-order valence-electron chi connectivity index (χ4n) is 5.59. The highest BCUT2D eigenvalue weighted by Crippen LogP contribution is 2.16. The molecule has 0 saturated heterocycles. The number of aliphatic hydroxyl groups excluding tert-OH is 1. The Bertz CT molecular complexity index is 593. The Kier molecular flexibility index (Phi) is 32.9. The second-order valence-electron chi connectivity index (χ2n) is 13.3. The lowest BCUT2D eigenvalue weighted by Gasteiger charge is -2.12. The molecule has 0 bridgehead atoms. The van der Waals surface area contributed by atoms with Gasteiger partial charge < -0.3 is 14.6 Å². The molecule has 2 atom stereocenters. The SMILES string of the molecule is CCCCCCCCCCCCCCCCCC(=O)OC[C@@H](O)COC(=O)CCCCCCCCCCCCC(C)CC. The van der Waals surface area contributed by atoms with E-state index in [0.29, 0.717) is 12.8 Å². The van der Waals surface area contributed by atoms with Crippen LogP contribution in [0.3, 0.4) is 0 Å². The van der Waals surface area contributed by atoms with Crippen LogP contribution in [0.5, 0.6) is 0 Å². The molecule has 0 aliphatic carbocycles. The van der Waals surface area contributed by atoms with Crippen molar-refractivity contribution in [2.45, 2.75) is 213 Å². The zero-order valence-electron chi connectivity index (χ0n) is 29.2. The molecule has 5 heteroatoms. The lowest BCUT2D eigenvalue weighted by Crippen LogP contribution is -2.25. The molecule has 0 spiro atoms. The topological polar surface area (TPSA) is 72.8 Å². The minimum absolute atomic E-state index is 0.108. The van der Waals surface area contributed by atoms with Crippen LogP contribution in [-0.4, -0.2) is 36.4 Å². The maximum Gasteiger partial charge on any atom is 0.305 e. The molecule has 0 saturated carbocycles. The number of carbonyl (C=O) groups is 2. The maximum absolute atomic E-state index is 11.9. The van der Waals surface area contributed by atoms with Gasteiger partial charge in [0.2, 0.25) is 0 Å². The highest BCUT2D eigenvalue weighted by Gasteiger charge is 2.12. The third kappa shape index (κ3) is 33.6. The maximum atomic E-state index is 11.9. The average molecular weight is 611 g/mol. The average Bonchev–Trinajstić information content (AvgIpc) is 3.01. The lowest BCUT2D eigenvalue weighted by molar-refractivity contribution is -0.152. The van der Waals surface area contributed by atoms with Gasteiger partial charge in [-0.2, -0.15) is 0 Å². The van der Waals surface area contributed by atoms with Crippen LogP contribution in [0, 0.1) is 5.92 Å². The van der Waals surface area contributed by atoms with Crippen LogP contribution in [-0.2, 0) is 19.1 Å². The minimum atomic E-state index is -0.955. The molecule has 0 amide bonds. The fourth-order valence-corrected chi connectivity index (χ4v) is 5.59. The molecule has 1 N–H and O–H groups in total. The third-order valence-electron chi connectivity index (χ3n) is 8.88. The molecule has 0 aliphatic heterocycles. The molecule has 1 unspecified atom stereocenters. The standard InChI is InChI=1S/C38H74O5/c1-4-6-7-8-9-10-11-12-13-14-15-19-22-25-28-31-37(40)42-33-36(39)34-43-38(41)32-29-26-23-20-17-16-18-21-24-27-30-35(3)5-2/h35-36,39H,4-34H2,1-3H3/t35?,36-/m1/s1. The smallest absolute Gasteiger partial charge is 0.305 e. The van der Waals surface area contributed by atoms with E-state index in [0.717, 1.165) is 31.6 Å². The monoisotopic (exact) mass is 611 g/mol. The van der Waals surface area contributed by atoms with Crippen molar-refractivity contribution in [1.82, 2.24) is 0 Å². The second kappa shape index (κ2) is 33.8. The van der Waals surface area contributed by atoms with Gasteiger partial charge in [-0.25, -0.2) is 0 Å². The third-order valence-corrected chi connectivity index (χ3v) is 8.88. The van der Waals surface area contributed by atoms with E-state index in [1.807, 2.05) is 0 Å². The molecule has 0 fully saturated rings. The van der Waals surface area contributed by atoms with Crippen molar-refractivity contribution < 1.29 is 24.2 Å². The van der Waals surface area contributed by atoms with Crippen molar-refractivity contribution in [2.24, 2.45) is 5.92 Å². The van der Waals surface area contributed by atoms with E-state index >= 15 is 0 Å². The Labute approximate surface area is 268 Å². The summed E-state index contributed by atoms with van der Waals surface area (Å²) in [5.41, 5.74) is 0. The Morgan fingerprint density at radius 3 is 1.12 bits per heavy atom. The Morgan fingerprint density at radius 2 is 0.791 bits per heavy atom. The van der Waals surface area contributed by atoms with Gasteiger partial charge in [-0.1, -0.05) is 181 Å². The van der Waals surface area contributed by atoms with E-state index in [4.69, 9.17) is 9.47 Å². The van der Waals surface area contributed by atoms with Gasteiger partial charge in [-0.3, -0.25) is 9.59 Å². The van der Waals surface area contributed by atoms with Gasteiger partial charge >= 0.3 is 11.9 Å². The number of hydrogen-bond acceptors (Lipinski definition) is 5. The molecule has 5 nitrogen and oxygen atoms in total. The van der Waals surface area contributed by atoms with E-state index in [1.54, 1.807) is 0 Å². The van der Waals surface area contributed by atoms with Gasteiger partial charge in [-0.15, -0.1) is 0 Å². The summed E-state index contributed by atoms with van der Waals surface area (Å²) in [6.07, 6.45) is 34.3. The van der Waals surface area contributed by atoms with Crippen molar-refractivity contribution >= 4 is 11.9 Å². The zero-order chi connectivity index (χ0) is 31.6. The fraction of sp³-hybridized carbons (Fsp3) is 0.947. The van der Waals surface area contributed by atoms with E-state index in [9.17, 15) is 14.7 Å². The summed E-state index contributed by atoms with van der Waals surface area (Å²) < 4.78 is 10.3. The number of ether oxygens (including phenoxy) is 2. The molecule has 0 rings (SSSR count). The molecule has 0 aromatic carbocycles. The summed E-state index contributed by atoms with van der Waals surface area (Å²) in [6, 6.07) is 0. The van der Waals surface area contributed by atoms with Gasteiger partial charge in [0.15, 0.2) is 0 Å². The van der Waals surface area contributed by atoms with Crippen LogP contribution in [0.25, 0.3) is 0 Å². The number of hydrogen-bond donors (Lipinski definition) is 1. The van der Waals surface area contributed by atoms with Crippen molar-refractivity contribution in [1.29, 1.82) is 0 Å². The normalized spacial score (nSPS) is 12.7. The molecule has 0 aliphatic rings. The van der Waals surface area contributed by atoms with E-state index in [1.165, 1.54) is 148 Å². The summed E-state index contributed by atoms with van der Waals surface area (Å²) in [6.45, 7) is 6.68. The Morgan fingerprint density at radius 1 is 0.488 bits per heavy atom. The molecular formula is C38H74O5. The van der Waals surface area contributed by atoms with Crippen LogP contribution in [0.2, 0.25) is 0 Å². The Hall–Kier alpha value is -1.10. The summed E-state index contributed by atoms with van der Waals surface area (Å²) >= 11 is 0. The number of esters is 2. The van der Waals surface area contributed by atoms with Crippen molar-refractivity contribution in [3.05, 3.63) is 0 Å². The van der Waals surface area contributed by atoms with Crippen molar-refractivity contribution in [3.8, 4) is 0 Å². The summed E-state index contributed by atoms with van der Waals surface area (Å²) in [4.78, 5) is 23.9. The van der Waals surface area contributed by atoms with Crippen LogP contribution >= 0.6 is 0 Å². The first-order chi connectivity index (χ1) is 21.0. The van der Waals surface area contributed by atoms with E-state index < -0.39 is 6.10 Å². The van der Waals surface area contributed by atoms with Crippen molar-refractivity contribution in [2.75, 3.05) is 13.2 Å². The van der Waals surface area contributed by atoms with Crippen LogP contribution in [0.1, 0.15) is 207 Å². The summed E-state index contributed by atoms with van der Waals surface area (Å²) in [7, 11) is 0. The first kappa shape index (κ1) is 41.9. The molecule has 0 aromatic heterocycles. The predicted molar refractivity (Wildman–Crippen MR) is 182 cm³/mol. The quantitative estimate of drug-likeness (QED) is 0.0579. The Balaban J connectivity index is 3.40. The van der Waals surface area contributed by atoms with Crippen LogP contribution in [0.15, 0.2) is 0 Å². The van der Waals surface area contributed by atoms with Gasteiger partial charge in [0.05, 0.1) is 0 Å². The number of rotatable bonds is 34. The van der Waals surface area contributed by atoms with Crippen LogP contribution < -0.4 is 0 Å². The summed E-state index contributed by atoms with van der Waals surface area (Å²) in [5, 5.41) is 9.99. The molecule has 43 heavy (non-hydrogen) atoms. The zero-order valence-corrected chi connectivity index (χ0v) is 29.2. The largest absolute Gasteiger partial charge is 0.463 e. The number of aliphatic hydroxyl groups is 1. The first-order valence-electron chi connectivity index (χ1n) is 19.0. The van der Waals surface area contributed by atoms with Gasteiger partial charge in [0.25, 0.3) is 0 Å². The molecular weight excluding hydrogens is 536 g/mol. The highest BCUT2D eigenvalue weighted by atomic mass is 16.6. The second-order valence-corrected chi connectivity index (χ2v) is 13.3. The summed E-state index contributed by atoms with van der Waals surface area (Å²) in [5.74, 6) is 0.326. The molecule has 256 valence electrons. The minimum Gasteiger partial charge on any atom is -0.463 e. The van der Waals surface area contributed by atoms with E-state index in [2.05, 4.69) is 20.8 Å². The van der Waals surface area contributed by atoms with E-state index in [-0.39, 0.29) is 25.2 Å². The van der Waals surface area contributed by atoms with Gasteiger partial charge in [0.1, 0.15) is 19.3 Å². The molecule has 0 aromatic rings. The first-order valence-corrected chi connectivity index (χ1v) is 19.0. The number of carbonyl (C=O) groups excluding carboxylic acids is 2. The number of unbranched alkanes of at least 4 members (excludes halogenated alkanes) is 23. The highest BCUT2D eigenvalue weighted by molar-refractivity contribution is 5.69. The molecule has 0 heterocycles. The van der Waals surface area contributed by atoms with Gasteiger partial charge in [0, 0.05) is 12.8 Å². The van der Waals surface area contributed by atoms with Crippen LogP contribution in [0.4, 0.5) is 0 Å². The van der Waals surface area contributed by atoms with Crippen molar-refractivity contribution in [3.63, 3.8) is 0 Å². The van der Waals surface area contributed by atoms with Gasteiger partial charge in [-0.05, 0) is 18.8 Å². The predicted octanol–water partition coefficient (Wildman–Crippen LogP) is 11.4. The lowest BCUT2D eigenvalue weighted by atomic mass is 9.99.